The van der Waals surface area contributed by atoms with Crippen molar-refractivity contribution in [3.8, 4) is 23.0 Å². The van der Waals surface area contributed by atoms with Crippen LogP contribution in [0.3, 0.4) is 0 Å². The number of halogens is 1. The highest BCUT2D eigenvalue weighted by atomic mass is 19.1. The molecule has 32 heavy (non-hydrogen) atoms. The maximum absolute atomic E-state index is 13.1. The first-order valence-electron chi connectivity index (χ1n) is 10.0. The van der Waals surface area contributed by atoms with Crippen LogP contribution in [0.15, 0.2) is 91.4 Å². The van der Waals surface area contributed by atoms with Gasteiger partial charge < -0.3 is 10.1 Å². The number of fused-ring (bicyclic) bond motifs is 1. The molecule has 0 spiro atoms. The van der Waals surface area contributed by atoms with Gasteiger partial charge in [-0.3, -0.25) is 4.98 Å². The largest absolute Gasteiger partial charge is 0.439 e. The lowest BCUT2D eigenvalue weighted by molar-refractivity contribution is 0.460. The summed E-state index contributed by atoms with van der Waals surface area (Å²) in [6.07, 6.45) is 5.14. The highest BCUT2D eigenvalue weighted by molar-refractivity contribution is 5.90. The van der Waals surface area contributed by atoms with E-state index in [0.717, 1.165) is 27.8 Å². The smallest absolute Gasteiger partial charge is 0.219 e. The molecule has 0 radical (unpaired) electrons. The van der Waals surface area contributed by atoms with E-state index in [4.69, 9.17) is 9.72 Å². The van der Waals surface area contributed by atoms with Gasteiger partial charge in [0.15, 0.2) is 5.82 Å². The molecular formula is C25H18FN5O. The summed E-state index contributed by atoms with van der Waals surface area (Å²) in [5.41, 5.74) is 2.65. The van der Waals surface area contributed by atoms with Crippen LogP contribution in [0.1, 0.15) is 5.56 Å². The Bertz CT molecular complexity index is 1360. The molecule has 1 N–H and O–H groups in total. The van der Waals surface area contributed by atoms with Gasteiger partial charge in [-0.15, -0.1) is 0 Å². The molecule has 0 aliphatic carbocycles. The average molecular weight is 423 g/mol. The topological polar surface area (TPSA) is 72.8 Å². The number of benzene rings is 2. The number of ether oxygens (including phenoxy) is 1. The van der Waals surface area contributed by atoms with Crippen molar-refractivity contribution in [2.24, 2.45) is 0 Å². The summed E-state index contributed by atoms with van der Waals surface area (Å²) in [6.45, 7) is 0.510. The predicted octanol–water partition coefficient (Wildman–Crippen LogP) is 5.63. The SMILES string of the molecule is Fc1ccc(Oc2cc(CNc3nc(-c4cccnc4)nc4ccccc34)ccn2)cc1. The number of aromatic nitrogens is 4. The van der Waals surface area contributed by atoms with Gasteiger partial charge in [-0.05, 0) is 60.2 Å². The molecule has 7 heteroatoms. The number of pyridine rings is 2. The van der Waals surface area contributed by atoms with Crippen molar-refractivity contribution in [3.63, 3.8) is 0 Å². The second-order valence-electron chi connectivity index (χ2n) is 7.07. The molecule has 2 aromatic carbocycles. The van der Waals surface area contributed by atoms with E-state index in [2.05, 4.69) is 20.3 Å². The van der Waals surface area contributed by atoms with Crippen molar-refractivity contribution >= 4 is 16.7 Å². The van der Waals surface area contributed by atoms with Crippen LogP contribution in [0, 0.1) is 5.82 Å². The Kier molecular flexibility index (Phi) is 5.36. The Morgan fingerprint density at radius 1 is 0.875 bits per heavy atom. The Hall–Kier alpha value is -4.39. The summed E-state index contributed by atoms with van der Waals surface area (Å²) < 4.78 is 18.8. The fraction of sp³-hybridized carbons (Fsp3) is 0.0400. The van der Waals surface area contributed by atoms with Crippen molar-refractivity contribution in [2.45, 2.75) is 6.54 Å². The summed E-state index contributed by atoms with van der Waals surface area (Å²) >= 11 is 0. The number of para-hydroxylation sites is 1. The van der Waals surface area contributed by atoms with Crippen molar-refractivity contribution in [1.82, 2.24) is 19.9 Å². The molecule has 0 saturated heterocycles. The summed E-state index contributed by atoms with van der Waals surface area (Å²) in [4.78, 5) is 17.8. The van der Waals surface area contributed by atoms with Crippen LogP contribution in [0.4, 0.5) is 10.2 Å². The summed E-state index contributed by atoms with van der Waals surface area (Å²) in [5.74, 6) is 1.97. The zero-order chi connectivity index (χ0) is 21.8. The van der Waals surface area contributed by atoms with Crippen LogP contribution in [0.25, 0.3) is 22.3 Å². The number of nitrogens with one attached hydrogen (secondary N) is 1. The minimum atomic E-state index is -0.314. The molecule has 3 aromatic heterocycles. The summed E-state index contributed by atoms with van der Waals surface area (Å²) in [7, 11) is 0. The highest BCUT2D eigenvalue weighted by Gasteiger charge is 2.10. The lowest BCUT2D eigenvalue weighted by atomic mass is 10.2. The van der Waals surface area contributed by atoms with E-state index in [1.807, 2.05) is 48.5 Å². The van der Waals surface area contributed by atoms with Crippen LogP contribution in [0.2, 0.25) is 0 Å². The van der Waals surface area contributed by atoms with Gasteiger partial charge in [0.05, 0.1) is 5.52 Å². The molecule has 6 nitrogen and oxygen atoms in total. The van der Waals surface area contributed by atoms with Crippen LogP contribution in [-0.2, 0) is 6.54 Å². The van der Waals surface area contributed by atoms with E-state index in [-0.39, 0.29) is 5.82 Å². The standard InChI is InChI=1S/C25H18FN5O/c26-19-7-9-20(10-8-19)32-23-14-17(11-13-28-23)15-29-25-21-5-1-2-6-22(21)30-24(31-25)18-4-3-12-27-16-18/h1-14,16H,15H2,(H,29,30,31). The molecule has 0 unspecified atom stereocenters. The molecule has 0 fully saturated rings. The molecule has 5 aromatic rings. The van der Waals surface area contributed by atoms with Crippen molar-refractivity contribution in [2.75, 3.05) is 5.32 Å². The molecule has 3 heterocycles. The summed E-state index contributed by atoms with van der Waals surface area (Å²) in [6, 6.07) is 21.2. The number of hydrogen-bond donors (Lipinski definition) is 1. The van der Waals surface area contributed by atoms with E-state index in [0.29, 0.717) is 24.0 Å². The predicted molar refractivity (Wildman–Crippen MR) is 121 cm³/mol. The average Bonchev–Trinajstić information content (AvgIpc) is 2.84. The quantitative estimate of drug-likeness (QED) is 0.382. The first-order chi connectivity index (χ1) is 15.7. The number of hydrogen-bond acceptors (Lipinski definition) is 6. The molecule has 0 aliphatic heterocycles. The number of anilines is 1. The lowest BCUT2D eigenvalue weighted by Crippen LogP contribution is -2.05. The van der Waals surface area contributed by atoms with Crippen molar-refractivity contribution < 1.29 is 9.13 Å². The van der Waals surface area contributed by atoms with E-state index < -0.39 is 0 Å². The van der Waals surface area contributed by atoms with Gasteiger partial charge in [0.2, 0.25) is 5.88 Å². The van der Waals surface area contributed by atoms with Crippen molar-refractivity contribution in [1.29, 1.82) is 0 Å². The fourth-order valence-electron chi connectivity index (χ4n) is 3.26. The normalized spacial score (nSPS) is 10.8. The lowest BCUT2D eigenvalue weighted by Gasteiger charge is -2.12. The Morgan fingerprint density at radius 2 is 1.75 bits per heavy atom. The monoisotopic (exact) mass is 423 g/mol. The second kappa shape index (κ2) is 8.77. The highest BCUT2D eigenvalue weighted by Crippen LogP contribution is 2.25. The van der Waals surface area contributed by atoms with Gasteiger partial charge in [0.1, 0.15) is 17.4 Å². The van der Waals surface area contributed by atoms with E-state index in [1.165, 1.54) is 12.1 Å². The van der Waals surface area contributed by atoms with E-state index >= 15 is 0 Å². The Balaban J connectivity index is 1.40. The minimum Gasteiger partial charge on any atom is -0.439 e. The maximum Gasteiger partial charge on any atom is 0.219 e. The Morgan fingerprint density at radius 3 is 2.59 bits per heavy atom. The minimum absolute atomic E-state index is 0.314. The van der Waals surface area contributed by atoms with Gasteiger partial charge in [0, 0.05) is 42.2 Å². The third kappa shape index (κ3) is 4.37. The summed E-state index contributed by atoms with van der Waals surface area (Å²) in [5, 5.41) is 4.34. The van der Waals surface area contributed by atoms with Gasteiger partial charge in [-0.25, -0.2) is 19.3 Å². The first kappa shape index (κ1) is 19.6. The fourth-order valence-corrected chi connectivity index (χ4v) is 3.26. The van der Waals surface area contributed by atoms with Crippen LogP contribution in [0.5, 0.6) is 11.6 Å². The van der Waals surface area contributed by atoms with Gasteiger partial charge in [0.25, 0.3) is 0 Å². The molecule has 0 bridgehead atoms. The maximum atomic E-state index is 13.1. The van der Waals surface area contributed by atoms with Crippen molar-refractivity contribution in [3.05, 3.63) is 103 Å². The molecule has 0 aliphatic rings. The zero-order valence-electron chi connectivity index (χ0n) is 16.9. The molecule has 0 saturated carbocycles. The third-order valence-electron chi connectivity index (χ3n) is 4.82. The molecule has 0 atom stereocenters. The molecule has 5 rings (SSSR count). The number of rotatable bonds is 6. The van der Waals surface area contributed by atoms with Crippen LogP contribution < -0.4 is 10.1 Å². The van der Waals surface area contributed by atoms with Crippen LogP contribution in [-0.4, -0.2) is 19.9 Å². The third-order valence-corrected chi connectivity index (χ3v) is 4.82. The van der Waals surface area contributed by atoms with Gasteiger partial charge in [-0.2, -0.15) is 0 Å². The molecule has 156 valence electrons. The zero-order valence-corrected chi connectivity index (χ0v) is 16.9. The van der Waals surface area contributed by atoms with Gasteiger partial charge in [-0.1, -0.05) is 12.1 Å². The molecular weight excluding hydrogens is 405 g/mol. The number of nitrogens with zero attached hydrogens (tertiary/aromatic N) is 4. The van der Waals surface area contributed by atoms with Crippen LogP contribution >= 0.6 is 0 Å². The van der Waals surface area contributed by atoms with E-state index in [1.54, 1.807) is 30.7 Å². The van der Waals surface area contributed by atoms with E-state index in [9.17, 15) is 4.39 Å². The Labute approximate surface area is 183 Å². The first-order valence-corrected chi connectivity index (χ1v) is 10.0. The second-order valence-corrected chi connectivity index (χ2v) is 7.07. The van der Waals surface area contributed by atoms with Gasteiger partial charge >= 0.3 is 0 Å². The molecule has 0 amide bonds.